The third kappa shape index (κ3) is 4.39. The second kappa shape index (κ2) is 7.54. The van der Waals surface area contributed by atoms with E-state index in [-0.39, 0.29) is 5.91 Å². The maximum Gasteiger partial charge on any atom is 0.257 e. The first-order chi connectivity index (χ1) is 10.2. The molecule has 110 valence electrons. The van der Waals surface area contributed by atoms with Gasteiger partial charge < -0.3 is 4.74 Å². The molecule has 0 aliphatic rings. The van der Waals surface area contributed by atoms with Crippen molar-refractivity contribution in [3.8, 4) is 5.75 Å². The van der Waals surface area contributed by atoms with Crippen molar-refractivity contribution < 1.29 is 9.53 Å². The van der Waals surface area contributed by atoms with Gasteiger partial charge in [-0.15, -0.1) is 10.2 Å². The molecule has 0 saturated heterocycles. The molecule has 1 aromatic carbocycles. The molecule has 0 fully saturated rings. The summed E-state index contributed by atoms with van der Waals surface area (Å²) in [5.74, 6) is 0.497. The average molecular weight is 303 g/mol. The highest BCUT2D eigenvalue weighted by molar-refractivity contribution is 7.15. The van der Waals surface area contributed by atoms with Crippen LogP contribution in [0.4, 0.5) is 5.13 Å². The van der Waals surface area contributed by atoms with Crippen molar-refractivity contribution in [2.75, 3.05) is 11.9 Å². The number of carbonyl (C=O) groups is 1. The smallest absolute Gasteiger partial charge is 0.257 e. The van der Waals surface area contributed by atoms with E-state index in [1.807, 2.05) is 0 Å². The molecule has 6 heteroatoms. The van der Waals surface area contributed by atoms with Gasteiger partial charge in [-0.05, 0) is 30.7 Å². The largest absolute Gasteiger partial charge is 0.490 e. The molecule has 0 unspecified atom stereocenters. The number of aromatic nitrogens is 2. The zero-order valence-corrected chi connectivity index (χ0v) is 12.7. The van der Waals surface area contributed by atoms with E-state index in [2.05, 4.69) is 29.0 Å². The summed E-state index contributed by atoms with van der Waals surface area (Å²) in [5.41, 5.74) is 0.549. The Kier molecular flexibility index (Phi) is 5.45. The molecule has 0 saturated carbocycles. The first-order valence-corrected chi connectivity index (χ1v) is 7.52. The van der Waals surface area contributed by atoms with Crippen molar-refractivity contribution in [2.45, 2.75) is 19.8 Å². The Hall–Kier alpha value is -2.21. The van der Waals surface area contributed by atoms with Gasteiger partial charge in [-0.25, -0.2) is 0 Å². The van der Waals surface area contributed by atoms with Crippen LogP contribution in [-0.2, 0) is 6.42 Å². The van der Waals surface area contributed by atoms with E-state index in [0.29, 0.717) is 23.1 Å². The average Bonchev–Trinajstić information content (AvgIpc) is 2.93. The first kappa shape index (κ1) is 15.2. The van der Waals surface area contributed by atoms with Crippen molar-refractivity contribution >= 4 is 22.4 Å². The quantitative estimate of drug-likeness (QED) is 0.797. The number of hydrogen-bond acceptors (Lipinski definition) is 5. The summed E-state index contributed by atoms with van der Waals surface area (Å²) in [6.45, 7) is 6.10. The molecule has 0 spiro atoms. The van der Waals surface area contributed by atoms with Gasteiger partial charge in [0, 0.05) is 12.0 Å². The number of amides is 1. The molecule has 5 nitrogen and oxygen atoms in total. The Labute approximate surface area is 127 Å². The van der Waals surface area contributed by atoms with Crippen molar-refractivity contribution in [2.24, 2.45) is 0 Å². The van der Waals surface area contributed by atoms with E-state index in [1.54, 1.807) is 30.3 Å². The lowest BCUT2D eigenvalue weighted by atomic mass is 10.2. The molecule has 21 heavy (non-hydrogen) atoms. The first-order valence-electron chi connectivity index (χ1n) is 6.70. The summed E-state index contributed by atoms with van der Waals surface area (Å²) in [6, 6.07) is 6.92. The number of carbonyl (C=O) groups excluding carboxylic acids is 1. The minimum atomic E-state index is -0.204. The van der Waals surface area contributed by atoms with Crippen molar-refractivity contribution in [3.63, 3.8) is 0 Å². The number of aryl methyl sites for hydroxylation is 1. The minimum Gasteiger partial charge on any atom is -0.490 e. The molecular formula is C15H17N3O2S. The third-order valence-electron chi connectivity index (χ3n) is 2.64. The topological polar surface area (TPSA) is 64.1 Å². The number of nitrogens with zero attached hydrogens (tertiary/aromatic N) is 2. The van der Waals surface area contributed by atoms with Gasteiger partial charge in [0.2, 0.25) is 5.13 Å². The number of benzene rings is 1. The summed E-state index contributed by atoms with van der Waals surface area (Å²) in [4.78, 5) is 12.1. The fourth-order valence-electron chi connectivity index (χ4n) is 1.65. The molecule has 0 aliphatic heterocycles. The highest BCUT2D eigenvalue weighted by Crippen LogP contribution is 2.18. The van der Waals surface area contributed by atoms with Crippen LogP contribution in [0.25, 0.3) is 0 Å². The van der Waals surface area contributed by atoms with E-state index in [9.17, 15) is 4.79 Å². The van der Waals surface area contributed by atoms with Gasteiger partial charge >= 0.3 is 0 Å². The van der Waals surface area contributed by atoms with Crippen LogP contribution in [0.5, 0.6) is 5.75 Å². The van der Waals surface area contributed by atoms with Crippen LogP contribution < -0.4 is 10.1 Å². The molecular weight excluding hydrogens is 286 g/mol. The SMILES string of the molecule is C=CCOc1ccc(C(=O)Nc2nnc(CCC)s2)cc1. The van der Waals surface area contributed by atoms with Crippen molar-refractivity contribution in [1.82, 2.24) is 10.2 Å². The van der Waals surface area contributed by atoms with Crippen LogP contribution in [0.15, 0.2) is 36.9 Å². The Morgan fingerprint density at radius 1 is 1.38 bits per heavy atom. The molecule has 0 atom stereocenters. The van der Waals surface area contributed by atoms with Gasteiger partial charge in [0.15, 0.2) is 0 Å². The zero-order valence-electron chi connectivity index (χ0n) is 11.8. The predicted octanol–water partition coefficient (Wildman–Crippen LogP) is 3.31. The fourth-order valence-corrected chi connectivity index (χ4v) is 2.48. The third-order valence-corrected chi connectivity index (χ3v) is 3.53. The van der Waals surface area contributed by atoms with Gasteiger partial charge in [0.25, 0.3) is 5.91 Å². The number of ether oxygens (including phenoxy) is 1. The summed E-state index contributed by atoms with van der Waals surface area (Å²) in [5, 5.41) is 12.2. The van der Waals surface area contributed by atoms with Gasteiger partial charge in [0.1, 0.15) is 17.4 Å². The Balaban J connectivity index is 1.97. The molecule has 0 aliphatic carbocycles. The normalized spacial score (nSPS) is 10.1. The summed E-state index contributed by atoms with van der Waals surface area (Å²) in [7, 11) is 0. The molecule has 0 radical (unpaired) electrons. The molecule has 2 aromatic rings. The highest BCUT2D eigenvalue weighted by Gasteiger charge is 2.10. The van der Waals surface area contributed by atoms with E-state index >= 15 is 0 Å². The standard InChI is InChI=1S/C15H17N3O2S/c1-3-5-13-17-18-15(21-13)16-14(19)11-6-8-12(9-7-11)20-10-4-2/h4,6-9H,2-3,5,10H2,1H3,(H,16,18,19). The maximum absolute atomic E-state index is 12.1. The van der Waals surface area contributed by atoms with Crippen LogP contribution >= 0.6 is 11.3 Å². The van der Waals surface area contributed by atoms with Crippen LogP contribution in [0.2, 0.25) is 0 Å². The summed E-state index contributed by atoms with van der Waals surface area (Å²) in [6.07, 6.45) is 3.56. The molecule has 1 amide bonds. The van der Waals surface area contributed by atoms with Gasteiger partial charge in [-0.2, -0.15) is 0 Å². The Morgan fingerprint density at radius 3 is 2.81 bits per heavy atom. The van der Waals surface area contributed by atoms with E-state index in [4.69, 9.17) is 4.74 Å². The lowest BCUT2D eigenvalue weighted by Crippen LogP contribution is -2.11. The summed E-state index contributed by atoms with van der Waals surface area (Å²) < 4.78 is 5.37. The Bertz CT molecular complexity index is 608. The highest BCUT2D eigenvalue weighted by atomic mass is 32.1. The van der Waals surface area contributed by atoms with Crippen LogP contribution in [0.1, 0.15) is 28.7 Å². The van der Waals surface area contributed by atoms with Crippen LogP contribution in [0.3, 0.4) is 0 Å². The maximum atomic E-state index is 12.1. The monoisotopic (exact) mass is 303 g/mol. The summed E-state index contributed by atoms with van der Waals surface area (Å²) >= 11 is 1.40. The Morgan fingerprint density at radius 2 is 2.14 bits per heavy atom. The van der Waals surface area contributed by atoms with Crippen LogP contribution in [0, 0.1) is 0 Å². The second-order valence-electron chi connectivity index (χ2n) is 4.33. The van der Waals surface area contributed by atoms with E-state index < -0.39 is 0 Å². The molecule has 1 aromatic heterocycles. The fraction of sp³-hybridized carbons (Fsp3) is 0.267. The van der Waals surface area contributed by atoms with Crippen molar-refractivity contribution in [3.05, 3.63) is 47.5 Å². The zero-order chi connectivity index (χ0) is 15.1. The molecule has 2 rings (SSSR count). The molecule has 1 heterocycles. The van der Waals surface area contributed by atoms with E-state index in [0.717, 1.165) is 17.8 Å². The number of anilines is 1. The minimum absolute atomic E-state index is 0.204. The van der Waals surface area contributed by atoms with Gasteiger partial charge in [0.05, 0.1) is 0 Å². The number of rotatable bonds is 7. The van der Waals surface area contributed by atoms with Gasteiger partial charge in [-0.1, -0.05) is 30.9 Å². The van der Waals surface area contributed by atoms with E-state index in [1.165, 1.54) is 11.3 Å². The molecule has 1 N–H and O–H groups in total. The lowest BCUT2D eigenvalue weighted by molar-refractivity contribution is 0.102. The molecule has 0 bridgehead atoms. The predicted molar refractivity (Wildman–Crippen MR) is 84.0 cm³/mol. The number of hydrogen-bond donors (Lipinski definition) is 1. The lowest BCUT2D eigenvalue weighted by Gasteiger charge is -2.04. The van der Waals surface area contributed by atoms with Crippen molar-refractivity contribution in [1.29, 1.82) is 0 Å². The van der Waals surface area contributed by atoms with Crippen LogP contribution in [-0.4, -0.2) is 22.7 Å². The van der Waals surface area contributed by atoms with Gasteiger partial charge in [-0.3, -0.25) is 10.1 Å². The second-order valence-corrected chi connectivity index (χ2v) is 5.39. The number of nitrogens with one attached hydrogen (secondary N) is 1.